The van der Waals surface area contributed by atoms with Crippen molar-refractivity contribution in [2.75, 3.05) is 19.6 Å². The highest BCUT2D eigenvalue weighted by Gasteiger charge is 2.22. The molecule has 1 N–H and O–H groups in total. The predicted molar refractivity (Wildman–Crippen MR) is 78.7 cm³/mol. The Bertz CT molecular complexity index is 543. The van der Waals surface area contributed by atoms with Crippen LogP contribution in [0.1, 0.15) is 35.8 Å². The van der Waals surface area contributed by atoms with Gasteiger partial charge in [-0.2, -0.15) is 10.2 Å². The number of H-pyrrole nitrogens is 1. The maximum absolute atomic E-state index is 4.54. The summed E-state index contributed by atoms with van der Waals surface area (Å²) in [6.07, 6.45) is 4.38. The van der Waals surface area contributed by atoms with E-state index in [0.717, 1.165) is 25.3 Å². The molecule has 1 aliphatic rings. The fourth-order valence-electron chi connectivity index (χ4n) is 3.14. The first-order valence-electron chi connectivity index (χ1n) is 7.45. The summed E-state index contributed by atoms with van der Waals surface area (Å²) in [6, 6.07) is 4.25. The van der Waals surface area contributed by atoms with Crippen LogP contribution >= 0.6 is 0 Å². The van der Waals surface area contributed by atoms with Crippen LogP contribution in [0, 0.1) is 13.8 Å². The number of aryl methyl sites for hydroxylation is 2. The molecular weight excluding hydrogens is 250 g/mol. The minimum absolute atomic E-state index is 0.603. The Hall–Kier alpha value is -1.62. The van der Waals surface area contributed by atoms with Crippen molar-refractivity contribution in [3.63, 3.8) is 0 Å². The molecule has 1 aliphatic heterocycles. The van der Waals surface area contributed by atoms with Crippen molar-refractivity contribution in [1.29, 1.82) is 0 Å². The Balaban J connectivity index is 1.56. The highest BCUT2D eigenvalue weighted by Crippen LogP contribution is 2.25. The first kappa shape index (κ1) is 13.4. The molecule has 0 radical (unpaired) electrons. The molecule has 2 aromatic heterocycles. The lowest BCUT2D eigenvalue weighted by Crippen LogP contribution is -2.36. The van der Waals surface area contributed by atoms with Crippen LogP contribution in [0.2, 0.25) is 0 Å². The lowest BCUT2D eigenvalue weighted by atomic mass is 9.95. The molecule has 3 rings (SSSR count). The van der Waals surface area contributed by atoms with E-state index in [9.17, 15) is 0 Å². The van der Waals surface area contributed by atoms with E-state index in [1.165, 1.54) is 30.8 Å². The van der Waals surface area contributed by atoms with Gasteiger partial charge in [0, 0.05) is 36.6 Å². The second kappa shape index (κ2) is 5.79. The lowest BCUT2D eigenvalue weighted by molar-refractivity contribution is 0.196. The van der Waals surface area contributed by atoms with E-state index in [-0.39, 0.29) is 0 Å². The van der Waals surface area contributed by atoms with E-state index in [1.54, 1.807) is 0 Å². The third-order valence-corrected chi connectivity index (χ3v) is 4.20. The lowest BCUT2D eigenvalue weighted by Gasteiger charge is -2.32. The molecule has 0 unspecified atom stereocenters. The molecule has 1 fully saturated rings. The minimum Gasteiger partial charge on any atom is -0.301 e. The van der Waals surface area contributed by atoms with Gasteiger partial charge in [-0.05, 0) is 45.4 Å². The molecule has 0 aliphatic carbocycles. The van der Waals surface area contributed by atoms with E-state index in [4.69, 9.17) is 0 Å². The minimum atomic E-state index is 0.603. The maximum Gasteiger partial charge on any atom is 0.0596 e. The zero-order valence-corrected chi connectivity index (χ0v) is 12.3. The van der Waals surface area contributed by atoms with Crippen LogP contribution in [0.15, 0.2) is 18.3 Å². The van der Waals surface area contributed by atoms with Crippen molar-refractivity contribution < 1.29 is 0 Å². The maximum atomic E-state index is 4.54. The molecule has 3 heterocycles. The van der Waals surface area contributed by atoms with Crippen LogP contribution < -0.4 is 0 Å². The molecule has 5 nitrogen and oxygen atoms in total. The van der Waals surface area contributed by atoms with Gasteiger partial charge >= 0.3 is 0 Å². The van der Waals surface area contributed by atoms with Gasteiger partial charge < -0.3 is 4.90 Å². The molecule has 0 aromatic carbocycles. The number of aromatic nitrogens is 4. The number of nitrogens with one attached hydrogen (secondary N) is 1. The summed E-state index contributed by atoms with van der Waals surface area (Å²) in [5.74, 6) is 0.603. The number of hydrogen-bond donors (Lipinski definition) is 1. The van der Waals surface area contributed by atoms with Gasteiger partial charge in [0.1, 0.15) is 0 Å². The van der Waals surface area contributed by atoms with Crippen molar-refractivity contribution in [1.82, 2.24) is 24.9 Å². The highest BCUT2D eigenvalue weighted by molar-refractivity contribution is 5.08. The zero-order chi connectivity index (χ0) is 13.9. The molecule has 0 amide bonds. The molecule has 0 saturated carbocycles. The fourth-order valence-corrected chi connectivity index (χ4v) is 3.14. The Labute approximate surface area is 120 Å². The van der Waals surface area contributed by atoms with Crippen molar-refractivity contribution in [2.24, 2.45) is 0 Å². The van der Waals surface area contributed by atoms with E-state index < -0.39 is 0 Å². The standard InChI is InChI=1S/C15H23N5/c1-12-10-13(2)20(18-12)9-8-19-7-3-4-14(11-19)15-5-6-16-17-15/h5-6,10,14H,3-4,7-9,11H2,1-2H3,(H,16,17)/t14-/m0/s1. The number of likely N-dealkylation sites (tertiary alicyclic amines) is 1. The third kappa shape index (κ3) is 2.93. The largest absolute Gasteiger partial charge is 0.301 e. The third-order valence-electron chi connectivity index (χ3n) is 4.20. The second-order valence-corrected chi connectivity index (χ2v) is 5.80. The summed E-state index contributed by atoms with van der Waals surface area (Å²) in [5.41, 5.74) is 3.64. The van der Waals surface area contributed by atoms with Gasteiger partial charge in [-0.3, -0.25) is 9.78 Å². The van der Waals surface area contributed by atoms with Gasteiger partial charge in [0.25, 0.3) is 0 Å². The molecule has 1 saturated heterocycles. The molecule has 2 aromatic rings. The number of nitrogens with zero attached hydrogens (tertiary/aromatic N) is 4. The van der Waals surface area contributed by atoms with Crippen LogP contribution in [0.25, 0.3) is 0 Å². The van der Waals surface area contributed by atoms with Crippen molar-refractivity contribution in [3.8, 4) is 0 Å². The number of aromatic amines is 1. The molecule has 1 atom stereocenters. The molecular formula is C15H23N5. The smallest absolute Gasteiger partial charge is 0.0596 e. The summed E-state index contributed by atoms with van der Waals surface area (Å²) < 4.78 is 2.12. The molecule has 20 heavy (non-hydrogen) atoms. The summed E-state index contributed by atoms with van der Waals surface area (Å²) in [4.78, 5) is 2.55. The fraction of sp³-hybridized carbons (Fsp3) is 0.600. The van der Waals surface area contributed by atoms with E-state index in [0.29, 0.717) is 5.92 Å². The van der Waals surface area contributed by atoms with Crippen molar-refractivity contribution in [2.45, 2.75) is 39.2 Å². The topological polar surface area (TPSA) is 49.7 Å². The molecule has 0 spiro atoms. The summed E-state index contributed by atoms with van der Waals surface area (Å²) in [7, 11) is 0. The Morgan fingerprint density at radius 1 is 1.35 bits per heavy atom. The Morgan fingerprint density at radius 2 is 2.25 bits per heavy atom. The van der Waals surface area contributed by atoms with E-state index in [1.807, 2.05) is 6.20 Å². The van der Waals surface area contributed by atoms with Crippen LogP contribution in [0.4, 0.5) is 0 Å². The van der Waals surface area contributed by atoms with E-state index in [2.05, 4.69) is 50.9 Å². The summed E-state index contributed by atoms with van der Waals surface area (Å²) in [5, 5.41) is 11.7. The number of rotatable bonds is 4. The monoisotopic (exact) mass is 273 g/mol. The summed E-state index contributed by atoms with van der Waals surface area (Å²) >= 11 is 0. The van der Waals surface area contributed by atoms with Crippen LogP contribution in [-0.2, 0) is 6.54 Å². The average Bonchev–Trinajstić information content (AvgIpc) is 3.07. The first-order chi connectivity index (χ1) is 9.72. The van der Waals surface area contributed by atoms with Crippen LogP contribution in [-0.4, -0.2) is 44.5 Å². The summed E-state index contributed by atoms with van der Waals surface area (Å²) in [6.45, 7) is 8.57. The van der Waals surface area contributed by atoms with Gasteiger partial charge in [-0.1, -0.05) is 0 Å². The predicted octanol–water partition coefficient (Wildman–Crippen LogP) is 2.10. The number of piperidine rings is 1. The molecule has 0 bridgehead atoms. The SMILES string of the molecule is Cc1cc(C)n(CCN2CCC[C@H](c3ccn[nH]3)C2)n1. The normalized spacial score (nSPS) is 20.4. The highest BCUT2D eigenvalue weighted by atomic mass is 15.3. The first-order valence-corrected chi connectivity index (χ1v) is 7.45. The molecule has 108 valence electrons. The van der Waals surface area contributed by atoms with Gasteiger partial charge in [0.05, 0.1) is 12.2 Å². The molecule has 5 heteroatoms. The van der Waals surface area contributed by atoms with Crippen molar-refractivity contribution in [3.05, 3.63) is 35.4 Å². The second-order valence-electron chi connectivity index (χ2n) is 5.80. The van der Waals surface area contributed by atoms with Gasteiger partial charge in [-0.25, -0.2) is 0 Å². The van der Waals surface area contributed by atoms with E-state index >= 15 is 0 Å². The Morgan fingerprint density at radius 3 is 2.95 bits per heavy atom. The van der Waals surface area contributed by atoms with Crippen molar-refractivity contribution >= 4 is 0 Å². The number of hydrogen-bond acceptors (Lipinski definition) is 3. The van der Waals surface area contributed by atoms with Crippen LogP contribution in [0.3, 0.4) is 0 Å². The van der Waals surface area contributed by atoms with Crippen LogP contribution in [0.5, 0.6) is 0 Å². The van der Waals surface area contributed by atoms with Gasteiger partial charge in [0.15, 0.2) is 0 Å². The zero-order valence-electron chi connectivity index (χ0n) is 12.3. The quantitative estimate of drug-likeness (QED) is 0.928. The van der Waals surface area contributed by atoms with Gasteiger partial charge in [0.2, 0.25) is 0 Å². The van der Waals surface area contributed by atoms with Gasteiger partial charge in [-0.15, -0.1) is 0 Å². The average molecular weight is 273 g/mol. The Kier molecular flexibility index (Phi) is 3.87.